The molecule has 0 amide bonds. The number of aliphatic carboxylic acids is 1. The van der Waals surface area contributed by atoms with Crippen LogP contribution >= 0.6 is 0 Å². The largest absolute Gasteiger partial charge is 0.481 e. The Kier molecular flexibility index (Phi) is 5.99. The summed E-state index contributed by atoms with van der Waals surface area (Å²) < 4.78 is 0. The molecule has 0 aromatic heterocycles. The summed E-state index contributed by atoms with van der Waals surface area (Å²) in [6.07, 6.45) is 4.43. The fraction of sp³-hybridized carbons (Fsp3) is 0.310. The second kappa shape index (κ2) is 9.22. The zero-order valence-electron chi connectivity index (χ0n) is 18.7. The van der Waals surface area contributed by atoms with Gasteiger partial charge in [-0.15, -0.1) is 0 Å². The highest BCUT2D eigenvalue weighted by molar-refractivity contribution is 6.03. The van der Waals surface area contributed by atoms with Crippen LogP contribution in [0.4, 0.5) is 5.69 Å². The lowest BCUT2D eigenvalue weighted by atomic mass is 9.77. The molecule has 2 aliphatic rings. The van der Waals surface area contributed by atoms with Crippen molar-refractivity contribution in [2.75, 3.05) is 11.9 Å². The van der Waals surface area contributed by atoms with E-state index < -0.39 is 5.97 Å². The summed E-state index contributed by atoms with van der Waals surface area (Å²) >= 11 is 0. The molecule has 1 saturated carbocycles. The van der Waals surface area contributed by atoms with E-state index in [2.05, 4.69) is 47.8 Å². The first-order valence-electron chi connectivity index (χ1n) is 11.9. The number of ketones is 1. The summed E-state index contributed by atoms with van der Waals surface area (Å²) in [6, 6.07) is 24.7. The number of carboxylic acids is 1. The molecule has 4 heteroatoms. The van der Waals surface area contributed by atoms with E-state index in [4.69, 9.17) is 5.11 Å². The molecule has 1 aliphatic heterocycles. The number of benzene rings is 3. The number of carboxylic acid groups (broad SMARTS) is 1. The van der Waals surface area contributed by atoms with Gasteiger partial charge < -0.3 is 10.4 Å². The van der Waals surface area contributed by atoms with Crippen LogP contribution in [0.5, 0.6) is 0 Å². The fourth-order valence-corrected chi connectivity index (χ4v) is 5.45. The maximum absolute atomic E-state index is 13.0. The van der Waals surface area contributed by atoms with Gasteiger partial charge in [-0.25, -0.2) is 0 Å². The third-order valence-electron chi connectivity index (χ3n) is 7.33. The van der Waals surface area contributed by atoms with Crippen LogP contribution in [0.25, 0.3) is 11.1 Å². The standard InChI is InChI=1S/C29H29NO3/c31-28(32)16-19-6-8-20(9-7-19)21-10-12-22(13-11-21)24-14-15-25-26(18-30-27(25)17-24)29(33)23-4-2-1-3-5-23/h1-5,10-15,17,19-20,26,30H,6-9,16,18H2,(H,31,32)/t19-,20-,26?. The number of hydrogen-bond donors (Lipinski definition) is 2. The molecule has 5 rings (SSSR count). The average Bonchev–Trinajstić information content (AvgIpc) is 3.28. The molecule has 33 heavy (non-hydrogen) atoms. The summed E-state index contributed by atoms with van der Waals surface area (Å²) in [5, 5.41) is 12.4. The molecule has 0 saturated heterocycles. The molecule has 2 N–H and O–H groups in total. The topological polar surface area (TPSA) is 66.4 Å². The Balaban J connectivity index is 1.27. The number of fused-ring (bicyclic) bond motifs is 1. The quantitative estimate of drug-likeness (QED) is 0.431. The van der Waals surface area contributed by atoms with Crippen molar-refractivity contribution in [3.8, 4) is 11.1 Å². The number of Topliss-reactive ketones (excluding diaryl/α,β-unsaturated/α-hetero) is 1. The summed E-state index contributed by atoms with van der Waals surface area (Å²) in [5.41, 5.74) is 6.53. The number of nitrogens with one attached hydrogen (secondary N) is 1. The van der Waals surface area contributed by atoms with Crippen molar-refractivity contribution in [3.63, 3.8) is 0 Å². The summed E-state index contributed by atoms with van der Waals surface area (Å²) in [5.74, 6) is 0.194. The molecule has 3 aromatic rings. The van der Waals surface area contributed by atoms with E-state index in [1.54, 1.807) is 0 Å². The molecule has 0 bridgehead atoms. The molecule has 1 unspecified atom stereocenters. The first-order valence-corrected chi connectivity index (χ1v) is 11.9. The number of carbonyl (C=O) groups excluding carboxylic acids is 1. The number of rotatable bonds is 6. The van der Waals surface area contributed by atoms with Gasteiger partial charge in [0.05, 0.1) is 5.92 Å². The number of carbonyl (C=O) groups is 2. The van der Waals surface area contributed by atoms with Gasteiger partial charge in [-0.1, -0.05) is 66.7 Å². The van der Waals surface area contributed by atoms with E-state index in [-0.39, 0.29) is 11.7 Å². The number of hydrogen-bond acceptors (Lipinski definition) is 3. The van der Waals surface area contributed by atoms with Crippen molar-refractivity contribution in [2.45, 2.75) is 43.9 Å². The van der Waals surface area contributed by atoms with E-state index in [0.717, 1.165) is 48.1 Å². The molecule has 1 aliphatic carbocycles. The molecule has 4 nitrogen and oxygen atoms in total. The molecule has 1 atom stereocenters. The highest BCUT2D eigenvalue weighted by Gasteiger charge is 2.29. The van der Waals surface area contributed by atoms with Crippen molar-refractivity contribution in [1.82, 2.24) is 0 Å². The van der Waals surface area contributed by atoms with E-state index in [1.165, 1.54) is 11.1 Å². The summed E-state index contributed by atoms with van der Waals surface area (Å²) in [6.45, 7) is 0.635. The van der Waals surface area contributed by atoms with Crippen LogP contribution in [0, 0.1) is 5.92 Å². The molecule has 0 spiro atoms. The molecular weight excluding hydrogens is 410 g/mol. The molecule has 1 fully saturated rings. The van der Waals surface area contributed by atoms with Gasteiger partial charge in [-0.05, 0) is 65.8 Å². The Bertz CT molecular complexity index is 1150. The Morgan fingerprint density at radius 3 is 2.24 bits per heavy atom. The second-order valence-electron chi connectivity index (χ2n) is 9.40. The van der Waals surface area contributed by atoms with Gasteiger partial charge in [0.1, 0.15) is 0 Å². The Labute approximate surface area is 194 Å². The van der Waals surface area contributed by atoms with E-state index in [1.807, 2.05) is 30.3 Å². The van der Waals surface area contributed by atoms with Crippen LogP contribution in [0.15, 0.2) is 72.8 Å². The van der Waals surface area contributed by atoms with E-state index in [9.17, 15) is 9.59 Å². The molecule has 1 heterocycles. The predicted molar refractivity (Wildman–Crippen MR) is 131 cm³/mol. The summed E-state index contributed by atoms with van der Waals surface area (Å²) in [7, 11) is 0. The first-order chi connectivity index (χ1) is 16.1. The highest BCUT2D eigenvalue weighted by atomic mass is 16.4. The fourth-order valence-electron chi connectivity index (χ4n) is 5.45. The van der Waals surface area contributed by atoms with Gasteiger partial charge >= 0.3 is 5.97 Å². The van der Waals surface area contributed by atoms with Crippen LogP contribution < -0.4 is 5.32 Å². The van der Waals surface area contributed by atoms with Crippen LogP contribution in [0.2, 0.25) is 0 Å². The van der Waals surface area contributed by atoms with Crippen molar-refractivity contribution >= 4 is 17.4 Å². The van der Waals surface area contributed by atoms with Crippen molar-refractivity contribution in [1.29, 1.82) is 0 Å². The monoisotopic (exact) mass is 439 g/mol. The molecule has 3 aromatic carbocycles. The normalized spacial score (nSPS) is 21.8. The van der Waals surface area contributed by atoms with Gasteiger partial charge in [-0.2, -0.15) is 0 Å². The lowest BCUT2D eigenvalue weighted by Crippen LogP contribution is -2.16. The van der Waals surface area contributed by atoms with Gasteiger partial charge in [0, 0.05) is 24.2 Å². The Hall–Kier alpha value is -3.40. The van der Waals surface area contributed by atoms with Crippen molar-refractivity contribution in [3.05, 3.63) is 89.5 Å². The smallest absolute Gasteiger partial charge is 0.303 e. The third-order valence-corrected chi connectivity index (χ3v) is 7.33. The maximum Gasteiger partial charge on any atom is 0.303 e. The molecular formula is C29H29NO3. The van der Waals surface area contributed by atoms with Gasteiger partial charge in [0.2, 0.25) is 0 Å². The third kappa shape index (κ3) is 4.56. The van der Waals surface area contributed by atoms with E-state index >= 15 is 0 Å². The van der Waals surface area contributed by atoms with Crippen LogP contribution in [0.3, 0.4) is 0 Å². The minimum absolute atomic E-state index is 0.143. The van der Waals surface area contributed by atoms with Crippen LogP contribution in [0.1, 0.15) is 65.4 Å². The maximum atomic E-state index is 13.0. The van der Waals surface area contributed by atoms with Crippen molar-refractivity contribution in [2.24, 2.45) is 5.92 Å². The average molecular weight is 440 g/mol. The zero-order chi connectivity index (χ0) is 22.8. The first kappa shape index (κ1) is 21.4. The van der Waals surface area contributed by atoms with Gasteiger partial charge in [0.25, 0.3) is 0 Å². The van der Waals surface area contributed by atoms with Crippen LogP contribution in [-0.4, -0.2) is 23.4 Å². The van der Waals surface area contributed by atoms with Gasteiger partial charge in [0.15, 0.2) is 5.78 Å². The number of anilines is 1. The SMILES string of the molecule is O=C(O)C[C@H]1CC[C@H](c2ccc(-c3ccc4c(c3)NCC4C(=O)c3ccccc3)cc2)CC1. The summed E-state index contributed by atoms with van der Waals surface area (Å²) in [4.78, 5) is 23.9. The predicted octanol–water partition coefficient (Wildman–Crippen LogP) is 6.49. The molecule has 168 valence electrons. The minimum Gasteiger partial charge on any atom is -0.481 e. The van der Waals surface area contributed by atoms with Gasteiger partial charge in [-0.3, -0.25) is 9.59 Å². The lowest BCUT2D eigenvalue weighted by molar-refractivity contribution is -0.138. The Morgan fingerprint density at radius 2 is 1.55 bits per heavy atom. The Morgan fingerprint density at radius 1 is 0.848 bits per heavy atom. The lowest BCUT2D eigenvalue weighted by Gasteiger charge is -2.28. The molecule has 0 radical (unpaired) electrons. The minimum atomic E-state index is -0.678. The zero-order valence-corrected chi connectivity index (χ0v) is 18.7. The van der Waals surface area contributed by atoms with Crippen LogP contribution in [-0.2, 0) is 4.79 Å². The highest BCUT2D eigenvalue weighted by Crippen LogP contribution is 2.39. The second-order valence-corrected chi connectivity index (χ2v) is 9.40. The van der Waals surface area contributed by atoms with Crippen molar-refractivity contribution < 1.29 is 14.7 Å². The van der Waals surface area contributed by atoms with E-state index in [0.29, 0.717) is 24.8 Å².